The SMILES string of the molecule is CCc1ccn2c(N3CCC(=O)NC3=O)cnc2c1. The highest BCUT2D eigenvalue weighted by atomic mass is 16.2. The van der Waals surface area contributed by atoms with E-state index in [1.165, 1.54) is 10.5 Å². The lowest BCUT2D eigenvalue weighted by atomic mass is 10.2. The highest BCUT2D eigenvalue weighted by Gasteiger charge is 2.26. The predicted octanol–water partition coefficient (Wildman–Crippen LogP) is 1.34. The van der Waals surface area contributed by atoms with Gasteiger partial charge < -0.3 is 0 Å². The number of aromatic nitrogens is 2. The summed E-state index contributed by atoms with van der Waals surface area (Å²) in [6, 6.07) is 3.61. The number of fused-ring (bicyclic) bond motifs is 1. The van der Waals surface area contributed by atoms with E-state index in [4.69, 9.17) is 0 Å². The lowest BCUT2D eigenvalue weighted by molar-refractivity contribution is -0.120. The molecule has 2 aromatic rings. The summed E-state index contributed by atoms with van der Waals surface area (Å²) in [5, 5.41) is 2.31. The summed E-state index contributed by atoms with van der Waals surface area (Å²) in [6.45, 7) is 2.47. The first-order valence-corrected chi connectivity index (χ1v) is 6.26. The van der Waals surface area contributed by atoms with Crippen LogP contribution < -0.4 is 10.2 Å². The molecule has 0 radical (unpaired) electrons. The Labute approximate surface area is 110 Å². The molecular weight excluding hydrogens is 244 g/mol. The molecule has 2 aromatic heterocycles. The van der Waals surface area contributed by atoms with Gasteiger partial charge in [0.25, 0.3) is 0 Å². The van der Waals surface area contributed by atoms with Gasteiger partial charge in [0.15, 0.2) is 0 Å². The number of urea groups is 1. The molecule has 0 atom stereocenters. The third-order valence-corrected chi connectivity index (χ3v) is 3.30. The second-order valence-corrected chi connectivity index (χ2v) is 4.49. The van der Waals surface area contributed by atoms with Crippen LogP contribution in [0.15, 0.2) is 24.5 Å². The fourth-order valence-corrected chi connectivity index (χ4v) is 2.21. The van der Waals surface area contributed by atoms with Crippen LogP contribution in [0.5, 0.6) is 0 Å². The fourth-order valence-electron chi connectivity index (χ4n) is 2.21. The topological polar surface area (TPSA) is 66.7 Å². The number of pyridine rings is 1. The molecule has 0 spiro atoms. The van der Waals surface area contributed by atoms with Crippen LogP contribution in [0.2, 0.25) is 0 Å². The van der Waals surface area contributed by atoms with Crippen molar-refractivity contribution in [3.63, 3.8) is 0 Å². The Kier molecular flexibility index (Phi) is 2.70. The number of carbonyl (C=O) groups excluding carboxylic acids is 2. The number of nitrogens with one attached hydrogen (secondary N) is 1. The molecule has 0 saturated carbocycles. The van der Waals surface area contributed by atoms with Crippen molar-refractivity contribution in [1.82, 2.24) is 14.7 Å². The number of aryl methyl sites for hydroxylation is 1. The molecule has 1 aliphatic rings. The first-order valence-electron chi connectivity index (χ1n) is 6.26. The van der Waals surface area contributed by atoms with Crippen molar-refractivity contribution >= 4 is 23.4 Å². The van der Waals surface area contributed by atoms with E-state index < -0.39 is 6.03 Å². The van der Waals surface area contributed by atoms with Gasteiger partial charge in [0.2, 0.25) is 5.91 Å². The van der Waals surface area contributed by atoms with Crippen LogP contribution in [0.1, 0.15) is 18.9 Å². The minimum Gasteiger partial charge on any atom is -0.286 e. The number of imidazole rings is 1. The van der Waals surface area contributed by atoms with Gasteiger partial charge in [-0.3, -0.25) is 19.4 Å². The monoisotopic (exact) mass is 258 g/mol. The second-order valence-electron chi connectivity index (χ2n) is 4.49. The molecule has 0 unspecified atom stereocenters. The zero-order valence-corrected chi connectivity index (χ0v) is 10.6. The lowest BCUT2D eigenvalue weighted by Crippen LogP contribution is -2.50. The van der Waals surface area contributed by atoms with E-state index in [1.807, 2.05) is 22.7 Å². The average Bonchev–Trinajstić information content (AvgIpc) is 2.81. The van der Waals surface area contributed by atoms with Crippen LogP contribution in [0.3, 0.4) is 0 Å². The highest BCUT2D eigenvalue weighted by Crippen LogP contribution is 2.20. The molecule has 1 fully saturated rings. The second kappa shape index (κ2) is 4.38. The van der Waals surface area contributed by atoms with Gasteiger partial charge in [-0.05, 0) is 24.1 Å². The summed E-state index contributed by atoms with van der Waals surface area (Å²) in [5.74, 6) is 0.450. The Balaban J connectivity index is 2.01. The van der Waals surface area contributed by atoms with Gasteiger partial charge in [0.1, 0.15) is 11.5 Å². The first-order chi connectivity index (χ1) is 9.19. The minimum atomic E-state index is -0.391. The zero-order chi connectivity index (χ0) is 13.4. The number of carbonyl (C=O) groups is 2. The molecule has 1 aliphatic heterocycles. The van der Waals surface area contributed by atoms with Crippen LogP contribution >= 0.6 is 0 Å². The van der Waals surface area contributed by atoms with Crippen LogP contribution in [0.4, 0.5) is 10.6 Å². The van der Waals surface area contributed by atoms with Crippen molar-refractivity contribution < 1.29 is 9.59 Å². The van der Waals surface area contributed by atoms with E-state index in [-0.39, 0.29) is 5.91 Å². The summed E-state index contributed by atoms with van der Waals surface area (Å²) in [6.07, 6.45) is 4.81. The number of hydrogen-bond donors (Lipinski definition) is 1. The van der Waals surface area contributed by atoms with Gasteiger partial charge in [0.05, 0.1) is 6.20 Å². The van der Waals surface area contributed by atoms with Crippen molar-refractivity contribution in [2.45, 2.75) is 19.8 Å². The quantitative estimate of drug-likeness (QED) is 0.884. The Hall–Kier alpha value is -2.37. The van der Waals surface area contributed by atoms with Crippen LogP contribution in [-0.2, 0) is 11.2 Å². The third kappa shape index (κ3) is 1.95. The summed E-state index contributed by atoms with van der Waals surface area (Å²) >= 11 is 0. The van der Waals surface area contributed by atoms with Gasteiger partial charge in [0, 0.05) is 19.2 Å². The smallest absolute Gasteiger partial charge is 0.286 e. The predicted molar refractivity (Wildman–Crippen MR) is 70.1 cm³/mol. The molecule has 0 aromatic carbocycles. The molecule has 6 nitrogen and oxygen atoms in total. The number of nitrogens with zero attached hydrogens (tertiary/aromatic N) is 3. The van der Waals surface area contributed by atoms with Crippen molar-refractivity contribution in [3.05, 3.63) is 30.1 Å². The molecular formula is C13H14N4O2. The number of anilines is 1. The van der Waals surface area contributed by atoms with E-state index in [0.717, 1.165) is 12.1 Å². The molecule has 3 amide bonds. The molecule has 3 heterocycles. The minimum absolute atomic E-state index is 0.233. The lowest BCUT2D eigenvalue weighted by Gasteiger charge is -2.25. The largest absolute Gasteiger partial charge is 0.329 e. The molecule has 6 heteroatoms. The fraction of sp³-hybridized carbons (Fsp3) is 0.308. The van der Waals surface area contributed by atoms with Crippen molar-refractivity contribution in [1.29, 1.82) is 0 Å². The van der Waals surface area contributed by atoms with Gasteiger partial charge >= 0.3 is 6.03 Å². The molecule has 1 N–H and O–H groups in total. The van der Waals surface area contributed by atoms with E-state index in [2.05, 4.69) is 17.2 Å². The Morgan fingerprint density at radius 3 is 3.00 bits per heavy atom. The zero-order valence-electron chi connectivity index (χ0n) is 10.6. The molecule has 19 heavy (non-hydrogen) atoms. The van der Waals surface area contributed by atoms with E-state index in [0.29, 0.717) is 18.8 Å². The van der Waals surface area contributed by atoms with Crippen LogP contribution in [0, 0.1) is 0 Å². The van der Waals surface area contributed by atoms with E-state index in [1.54, 1.807) is 6.20 Å². The Morgan fingerprint density at radius 1 is 1.42 bits per heavy atom. The van der Waals surface area contributed by atoms with Crippen LogP contribution in [-0.4, -0.2) is 27.9 Å². The maximum absolute atomic E-state index is 11.8. The first kappa shape index (κ1) is 11.7. The molecule has 0 aliphatic carbocycles. The van der Waals surface area contributed by atoms with Gasteiger partial charge in [-0.1, -0.05) is 6.92 Å². The van der Waals surface area contributed by atoms with E-state index >= 15 is 0 Å². The maximum Gasteiger partial charge on any atom is 0.329 e. The molecule has 1 saturated heterocycles. The van der Waals surface area contributed by atoms with Crippen molar-refractivity contribution in [2.24, 2.45) is 0 Å². The van der Waals surface area contributed by atoms with Crippen LogP contribution in [0.25, 0.3) is 5.65 Å². The standard InChI is InChI=1S/C13H14N4O2/c1-2-9-3-5-16-10(7-9)14-8-12(16)17-6-4-11(18)15-13(17)19/h3,5,7-8H,2,4,6H2,1H3,(H,15,18,19). The van der Waals surface area contributed by atoms with Gasteiger partial charge in [-0.25, -0.2) is 9.78 Å². The molecule has 0 bridgehead atoms. The Morgan fingerprint density at radius 2 is 2.26 bits per heavy atom. The summed E-state index contributed by atoms with van der Waals surface area (Å²) in [7, 11) is 0. The van der Waals surface area contributed by atoms with Gasteiger partial charge in [-0.15, -0.1) is 0 Å². The van der Waals surface area contributed by atoms with Crippen molar-refractivity contribution in [3.8, 4) is 0 Å². The summed E-state index contributed by atoms with van der Waals surface area (Å²) in [4.78, 5) is 28.8. The number of rotatable bonds is 2. The average molecular weight is 258 g/mol. The van der Waals surface area contributed by atoms with Gasteiger partial charge in [-0.2, -0.15) is 0 Å². The molecule has 3 rings (SSSR count). The van der Waals surface area contributed by atoms with Crippen molar-refractivity contribution in [2.75, 3.05) is 11.4 Å². The summed E-state index contributed by atoms with van der Waals surface area (Å²) in [5.41, 5.74) is 2.00. The number of amides is 3. The molecule has 98 valence electrons. The number of imide groups is 1. The number of hydrogen-bond acceptors (Lipinski definition) is 3. The Bertz CT molecular complexity index is 662. The normalized spacial score (nSPS) is 15.9. The summed E-state index contributed by atoms with van der Waals surface area (Å²) < 4.78 is 1.86. The maximum atomic E-state index is 11.8. The highest BCUT2D eigenvalue weighted by molar-refractivity contribution is 6.05. The van der Waals surface area contributed by atoms with E-state index in [9.17, 15) is 9.59 Å². The third-order valence-electron chi connectivity index (χ3n) is 3.30.